The van der Waals surface area contributed by atoms with E-state index >= 15 is 0 Å². The Kier molecular flexibility index (Phi) is 4.09. The highest BCUT2D eigenvalue weighted by Gasteiger charge is 2.06. The Hall–Kier alpha value is -1.40. The number of anilines is 1. The molecular formula is C8H13N3O3. The standard InChI is InChI=1S/C8H13N3O3/c1-13-6(14-2)5-11-7-8(12)10-4-3-9-7/h3-4,6H,5H2,1-2H3,(H,9,11)(H,10,12). The summed E-state index contributed by atoms with van der Waals surface area (Å²) in [4.78, 5) is 17.5. The van der Waals surface area contributed by atoms with Gasteiger partial charge in [0.05, 0.1) is 6.54 Å². The van der Waals surface area contributed by atoms with Crippen molar-refractivity contribution >= 4 is 5.82 Å². The maximum atomic E-state index is 11.1. The monoisotopic (exact) mass is 199 g/mol. The molecule has 2 N–H and O–H groups in total. The molecule has 0 amide bonds. The van der Waals surface area contributed by atoms with Gasteiger partial charge in [0.2, 0.25) is 0 Å². The van der Waals surface area contributed by atoms with Crippen molar-refractivity contribution in [2.24, 2.45) is 0 Å². The summed E-state index contributed by atoms with van der Waals surface area (Å²) in [7, 11) is 3.05. The van der Waals surface area contributed by atoms with Crippen molar-refractivity contribution in [1.82, 2.24) is 9.97 Å². The van der Waals surface area contributed by atoms with E-state index in [4.69, 9.17) is 9.47 Å². The molecule has 78 valence electrons. The molecule has 0 aliphatic heterocycles. The minimum Gasteiger partial charge on any atom is -0.360 e. The molecule has 1 rings (SSSR count). The van der Waals surface area contributed by atoms with Gasteiger partial charge in [-0.25, -0.2) is 4.98 Å². The lowest BCUT2D eigenvalue weighted by Crippen LogP contribution is -2.26. The van der Waals surface area contributed by atoms with E-state index in [2.05, 4.69) is 15.3 Å². The van der Waals surface area contributed by atoms with Crippen molar-refractivity contribution in [3.05, 3.63) is 22.7 Å². The number of hydrogen-bond donors (Lipinski definition) is 2. The molecule has 1 aromatic heterocycles. The number of hydrogen-bond acceptors (Lipinski definition) is 5. The normalized spacial score (nSPS) is 10.5. The third kappa shape index (κ3) is 2.82. The lowest BCUT2D eigenvalue weighted by molar-refractivity contribution is -0.0914. The van der Waals surface area contributed by atoms with Crippen LogP contribution in [0.15, 0.2) is 17.2 Å². The molecule has 14 heavy (non-hydrogen) atoms. The van der Waals surface area contributed by atoms with E-state index in [1.807, 2.05) is 0 Å². The molecule has 0 aliphatic rings. The van der Waals surface area contributed by atoms with Crippen LogP contribution in [-0.2, 0) is 9.47 Å². The molecule has 0 unspecified atom stereocenters. The van der Waals surface area contributed by atoms with Crippen LogP contribution >= 0.6 is 0 Å². The minimum atomic E-state index is -0.392. The minimum absolute atomic E-state index is 0.256. The fourth-order valence-electron chi connectivity index (χ4n) is 0.921. The Morgan fingerprint density at radius 2 is 2.29 bits per heavy atom. The van der Waals surface area contributed by atoms with Crippen molar-refractivity contribution in [2.45, 2.75) is 6.29 Å². The number of methoxy groups -OCH3 is 2. The van der Waals surface area contributed by atoms with Crippen molar-refractivity contribution in [3.8, 4) is 0 Å². The van der Waals surface area contributed by atoms with Gasteiger partial charge in [-0.1, -0.05) is 0 Å². The van der Waals surface area contributed by atoms with Gasteiger partial charge in [0, 0.05) is 26.6 Å². The van der Waals surface area contributed by atoms with Gasteiger partial charge in [-0.05, 0) is 0 Å². The Balaban J connectivity index is 2.53. The fourth-order valence-corrected chi connectivity index (χ4v) is 0.921. The first-order valence-corrected chi connectivity index (χ1v) is 4.11. The van der Waals surface area contributed by atoms with Crippen LogP contribution in [-0.4, -0.2) is 37.0 Å². The van der Waals surface area contributed by atoms with Crippen molar-refractivity contribution < 1.29 is 9.47 Å². The molecule has 6 heteroatoms. The first kappa shape index (κ1) is 10.7. The fraction of sp³-hybridized carbons (Fsp3) is 0.500. The van der Waals surface area contributed by atoms with E-state index in [-0.39, 0.29) is 11.4 Å². The van der Waals surface area contributed by atoms with Crippen LogP contribution < -0.4 is 10.9 Å². The number of nitrogens with one attached hydrogen (secondary N) is 2. The largest absolute Gasteiger partial charge is 0.360 e. The molecule has 0 saturated carbocycles. The number of rotatable bonds is 5. The predicted octanol–water partition coefficient (Wildman–Crippen LogP) is -0.199. The highest BCUT2D eigenvalue weighted by molar-refractivity contribution is 5.29. The van der Waals surface area contributed by atoms with Crippen LogP contribution in [0.1, 0.15) is 0 Å². The zero-order valence-corrected chi connectivity index (χ0v) is 8.11. The number of H-pyrrole nitrogens is 1. The van der Waals surface area contributed by atoms with Gasteiger partial charge in [0.15, 0.2) is 12.1 Å². The molecule has 0 saturated heterocycles. The van der Waals surface area contributed by atoms with Crippen LogP contribution in [0, 0.1) is 0 Å². The lowest BCUT2D eigenvalue weighted by Gasteiger charge is -2.13. The van der Waals surface area contributed by atoms with Crippen molar-refractivity contribution in [1.29, 1.82) is 0 Å². The van der Waals surface area contributed by atoms with Gasteiger partial charge < -0.3 is 19.8 Å². The first-order chi connectivity index (χ1) is 6.77. The van der Waals surface area contributed by atoms with Gasteiger partial charge in [-0.2, -0.15) is 0 Å². The average molecular weight is 199 g/mol. The third-order valence-electron chi connectivity index (χ3n) is 1.67. The molecule has 0 atom stereocenters. The summed E-state index contributed by atoms with van der Waals surface area (Å²) in [5.41, 5.74) is -0.265. The van der Waals surface area contributed by atoms with E-state index < -0.39 is 6.29 Å². The molecule has 0 spiro atoms. The first-order valence-electron chi connectivity index (χ1n) is 4.11. The van der Waals surface area contributed by atoms with Crippen LogP contribution in [0.5, 0.6) is 0 Å². The number of aromatic amines is 1. The molecule has 1 aromatic rings. The second kappa shape index (κ2) is 5.36. The van der Waals surface area contributed by atoms with Crippen molar-refractivity contribution in [3.63, 3.8) is 0 Å². The second-order valence-corrected chi connectivity index (χ2v) is 2.55. The van der Waals surface area contributed by atoms with Crippen LogP contribution in [0.4, 0.5) is 5.82 Å². The van der Waals surface area contributed by atoms with Gasteiger partial charge in [0.1, 0.15) is 0 Å². The summed E-state index contributed by atoms with van der Waals surface area (Å²) in [6.45, 7) is 0.368. The molecule has 0 radical (unpaired) electrons. The summed E-state index contributed by atoms with van der Waals surface area (Å²) in [5.74, 6) is 0.256. The highest BCUT2D eigenvalue weighted by atomic mass is 16.7. The molecule has 0 aromatic carbocycles. The Bertz CT molecular complexity index is 322. The maximum absolute atomic E-state index is 11.1. The molecule has 1 heterocycles. The highest BCUT2D eigenvalue weighted by Crippen LogP contribution is 1.94. The van der Waals surface area contributed by atoms with Crippen LogP contribution in [0.2, 0.25) is 0 Å². The zero-order chi connectivity index (χ0) is 10.4. The SMILES string of the molecule is COC(CNc1ncc[nH]c1=O)OC. The molecule has 0 bridgehead atoms. The summed E-state index contributed by atoms with van der Waals surface area (Å²) in [5, 5.41) is 2.81. The Morgan fingerprint density at radius 1 is 1.57 bits per heavy atom. The van der Waals surface area contributed by atoms with Crippen molar-refractivity contribution in [2.75, 3.05) is 26.1 Å². The van der Waals surface area contributed by atoms with Gasteiger partial charge in [-0.3, -0.25) is 4.79 Å². The van der Waals surface area contributed by atoms with E-state index in [1.165, 1.54) is 26.6 Å². The predicted molar refractivity (Wildman–Crippen MR) is 51.2 cm³/mol. The molecular weight excluding hydrogens is 186 g/mol. The van der Waals surface area contributed by atoms with E-state index in [1.54, 1.807) is 0 Å². The third-order valence-corrected chi connectivity index (χ3v) is 1.67. The topological polar surface area (TPSA) is 76.2 Å². The second-order valence-electron chi connectivity index (χ2n) is 2.55. The van der Waals surface area contributed by atoms with Crippen LogP contribution in [0.3, 0.4) is 0 Å². The molecule has 0 aliphatic carbocycles. The summed E-state index contributed by atoms with van der Waals surface area (Å²) in [6, 6.07) is 0. The summed E-state index contributed by atoms with van der Waals surface area (Å²) >= 11 is 0. The Morgan fingerprint density at radius 3 is 2.86 bits per heavy atom. The van der Waals surface area contributed by atoms with E-state index in [0.29, 0.717) is 6.54 Å². The van der Waals surface area contributed by atoms with E-state index in [9.17, 15) is 4.79 Å². The lowest BCUT2D eigenvalue weighted by atomic mass is 10.5. The molecule has 6 nitrogen and oxygen atoms in total. The van der Waals surface area contributed by atoms with Gasteiger partial charge in [0.25, 0.3) is 5.56 Å². The number of aromatic nitrogens is 2. The van der Waals surface area contributed by atoms with Gasteiger partial charge >= 0.3 is 0 Å². The van der Waals surface area contributed by atoms with Gasteiger partial charge in [-0.15, -0.1) is 0 Å². The van der Waals surface area contributed by atoms with E-state index in [0.717, 1.165) is 0 Å². The average Bonchev–Trinajstić information content (AvgIpc) is 2.22. The summed E-state index contributed by atoms with van der Waals surface area (Å²) in [6.07, 6.45) is 2.58. The Labute approximate surface area is 81.3 Å². The summed E-state index contributed by atoms with van der Waals surface area (Å²) < 4.78 is 9.87. The quantitative estimate of drug-likeness (QED) is 0.642. The maximum Gasteiger partial charge on any atom is 0.290 e. The number of ether oxygens (including phenoxy) is 2. The number of nitrogens with zero attached hydrogens (tertiary/aromatic N) is 1. The smallest absolute Gasteiger partial charge is 0.290 e. The molecule has 0 fully saturated rings. The zero-order valence-electron chi connectivity index (χ0n) is 8.11. The van der Waals surface area contributed by atoms with Crippen LogP contribution in [0.25, 0.3) is 0 Å².